The van der Waals surface area contributed by atoms with E-state index in [1.165, 1.54) is 12.4 Å². The summed E-state index contributed by atoms with van der Waals surface area (Å²) in [7, 11) is 0. The van der Waals surface area contributed by atoms with E-state index in [1.807, 2.05) is 18.2 Å². The molecule has 0 bridgehead atoms. The van der Waals surface area contributed by atoms with Crippen LogP contribution < -0.4 is 4.74 Å². The predicted molar refractivity (Wildman–Crippen MR) is 103 cm³/mol. The van der Waals surface area contributed by atoms with Crippen molar-refractivity contribution < 1.29 is 37.3 Å². The minimum Gasteiger partial charge on any atom is -0.478 e. The van der Waals surface area contributed by atoms with E-state index in [2.05, 4.69) is 15.0 Å². The molecule has 2 fully saturated rings. The smallest absolute Gasteiger partial charge is 0.478 e. The number of ether oxygens (including phenoxy) is 2. The highest BCUT2D eigenvalue weighted by Gasteiger charge is 2.54. The molecule has 9 nitrogen and oxygen atoms in total. The van der Waals surface area contributed by atoms with Gasteiger partial charge in [0, 0.05) is 31.3 Å². The summed E-state index contributed by atoms with van der Waals surface area (Å²) in [5, 5.41) is 7.12. The molecule has 0 aromatic carbocycles. The van der Waals surface area contributed by atoms with Crippen LogP contribution in [0.5, 0.6) is 5.88 Å². The molecule has 12 heteroatoms. The molecule has 1 amide bonds. The van der Waals surface area contributed by atoms with Gasteiger partial charge in [-0.05, 0) is 24.8 Å². The van der Waals surface area contributed by atoms with Crippen molar-refractivity contribution in [3.05, 3.63) is 48.7 Å². The number of aromatic nitrogens is 3. The van der Waals surface area contributed by atoms with Crippen molar-refractivity contribution in [2.75, 3.05) is 26.3 Å². The van der Waals surface area contributed by atoms with Gasteiger partial charge in [-0.25, -0.2) is 14.8 Å². The molecule has 2 aromatic rings. The number of hydrogen-bond donors (Lipinski definition) is 1. The van der Waals surface area contributed by atoms with Crippen LogP contribution in [0.1, 0.15) is 23.3 Å². The summed E-state index contributed by atoms with van der Waals surface area (Å²) in [5.41, 5.74) is 0.149. The van der Waals surface area contributed by atoms with Crippen molar-refractivity contribution in [2.45, 2.75) is 24.6 Å². The van der Waals surface area contributed by atoms with Crippen LogP contribution in [0, 0.1) is 5.92 Å². The van der Waals surface area contributed by atoms with Gasteiger partial charge >= 0.3 is 12.1 Å². The van der Waals surface area contributed by atoms with Gasteiger partial charge in [-0.2, -0.15) is 13.2 Å². The van der Waals surface area contributed by atoms with Crippen LogP contribution in [0.4, 0.5) is 13.2 Å². The van der Waals surface area contributed by atoms with Crippen molar-refractivity contribution >= 4 is 11.9 Å². The third kappa shape index (κ3) is 5.69. The number of amides is 1. The quantitative estimate of drug-likeness (QED) is 0.731. The molecule has 0 aliphatic carbocycles. The van der Waals surface area contributed by atoms with E-state index in [9.17, 15) is 18.0 Å². The number of carbonyl (C=O) groups excluding carboxylic acids is 1. The summed E-state index contributed by atoms with van der Waals surface area (Å²) in [5.74, 6) is -1.81. The van der Waals surface area contributed by atoms with Crippen LogP contribution in [-0.4, -0.2) is 74.9 Å². The number of likely N-dealkylation sites (tertiary alicyclic amines) is 1. The molecule has 0 saturated carbocycles. The lowest BCUT2D eigenvalue weighted by Crippen LogP contribution is -2.66. The molecule has 2 saturated heterocycles. The highest BCUT2D eigenvalue weighted by atomic mass is 19.4. The summed E-state index contributed by atoms with van der Waals surface area (Å²) in [6.45, 7) is 2.56. The van der Waals surface area contributed by atoms with Gasteiger partial charge in [-0.15, -0.1) is 0 Å². The Hall–Kier alpha value is -3.28. The first-order valence-corrected chi connectivity index (χ1v) is 9.74. The average molecular weight is 454 g/mol. The Morgan fingerprint density at radius 2 is 1.97 bits per heavy atom. The number of rotatable bonds is 5. The van der Waals surface area contributed by atoms with Gasteiger partial charge < -0.3 is 19.5 Å². The van der Waals surface area contributed by atoms with Gasteiger partial charge in [0.25, 0.3) is 5.91 Å². The van der Waals surface area contributed by atoms with E-state index < -0.39 is 12.1 Å². The van der Waals surface area contributed by atoms with Crippen molar-refractivity contribution in [3.63, 3.8) is 0 Å². The van der Waals surface area contributed by atoms with Crippen molar-refractivity contribution in [1.82, 2.24) is 19.9 Å². The van der Waals surface area contributed by atoms with Crippen LogP contribution in [0.25, 0.3) is 0 Å². The summed E-state index contributed by atoms with van der Waals surface area (Å²) in [4.78, 5) is 35.3. The maximum absolute atomic E-state index is 12.4. The van der Waals surface area contributed by atoms with Crippen LogP contribution in [0.3, 0.4) is 0 Å². The molecule has 32 heavy (non-hydrogen) atoms. The highest BCUT2D eigenvalue weighted by Crippen LogP contribution is 2.42. The zero-order valence-electron chi connectivity index (χ0n) is 16.9. The second-order valence-corrected chi connectivity index (χ2v) is 7.26. The van der Waals surface area contributed by atoms with E-state index in [4.69, 9.17) is 19.4 Å². The molecule has 1 spiro atoms. The summed E-state index contributed by atoms with van der Waals surface area (Å²) >= 11 is 0. The van der Waals surface area contributed by atoms with Gasteiger partial charge in [0.2, 0.25) is 5.88 Å². The molecule has 4 rings (SSSR count). The first-order valence-electron chi connectivity index (χ1n) is 9.74. The summed E-state index contributed by atoms with van der Waals surface area (Å²) in [6.07, 6.45) is 3.12. The third-order valence-electron chi connectivity index (χ3n) is 5.18. The number of nitrogens with zero attached hydrogens (tertiary/aromatic N) is 4. The van der Waals surface area contributed by atoms with Crippen LogP contribution in [-0.2, 0) is 9.53 Å². The zero-order valence-corrected chi connectivity index (χ0v) is 16.9. The lowest BCUT2D eigenvalue weighted by atomic mass is 9.79. The number of aliphatic carboxylic acids is 1. The van der Waals surface area contributed by atoms with E-state index in [0.717, 1.165) is 19.4 Å². The molecule has 1 unspecified atom stereocenters. The van der Waals surface area contributed by atoms with Crippen molar-refractivity contribution in [1.29, 1.82) is 0 Å². The fourth-order valence-corrected chi connectivity index (χ4v) is 3.60. The Balaban J connectivity index is 0.000000360. The first-order chi connectivity index (χ1) is 15.2. The molecular formula is C20H21F3N4O5. The average Bonchev–Trinajstić information content (AvgIpc) is 3.17. The molecule has 2 aliphatic rings. The van der Waals surface area contributed by atoms with Gasteiger partial charge in [-0.1, -0.05) is 6.07 Å². The van der Waals surface area contributed by atoms with E-state index >= 15 is 0 Å². The molecule has 2 aromatic heterocycles. The number of halogens is 3. The molecule has 0 radical (unpaired) electrons. The lowest BCUT2D eigenvalue weighted by molar-refractivity contribution is -0.192. The normalized spacial score (nSPS) is 19.0. The molecule has 1 atom stereocenters. The van der Waals surface area contributed by atoms with Gasteiger partial charge in [0.15, 0.2) is 0 Å². The number of alkyl halides is 3. The zero-order chi connectivity index (χ0) is 23.2. The molecular weight excluding hydrogens is 433 g/mol. The third-order valence-corrected chi connectivity index (χ3v) is 5.18. The van der Waals surface area contributed by atoms with E-state index in [0.29, 0.717) is 37.2 Å². The number of carbonyl (C=O) groups is 2. The Morgan fingerprint density at radius 1 is 1.22 bits per heavy atom. The predicted octanol–water partition coefficient (Wildman–Crippen LogP) is 2.21. The number of carboxylic acid groups (broad SMARTS) is 1. The minimum atomic E-state index is -5.08. The van der Waals surface area contributed by atoms with E-state index in [1.54, 1.807) is 17.3 Å². The maximum Gasteiger partial charge on any atom is 0.490 e. The summed E-state index contributed by atoms with van der Waals surface area (Å²) < 4.78 is 43.5. The topological polar surface area (TPSA) is 115 Å². The Bertz CT molecular complexity index is 908. The number of hydrogen-bond acceptors (Lipinski definition) is 7. The Morgan fingerprint density at radius 3 is 2.56 bits per heavy atom. The van der Waals surface area contributed by atoms with Crippen LogP contribution in [0.15, 0.2) is 43.0 Å². The molecule has 172 valence electrons. The highest BCUT2D eigenvalue weighted by molar-refractivity contribution is 5.92. The number of pyridine rings is 1. The SMILES string of the molecule is O=C(O)C(F)(F)F.O=C(c1cnccn1)N1CC2(C1)OCCC2CCOc1ccccn1. The number of carboxylic acids is 1. The molecule has 2 aliphatic heterocycles. The lowest BCUT2D eigenvalue weighted by Gasteiger charge is -2.50. The van der Waals surface area contributed by atoms with Crippen molar-refractivity contribution in [3.8, 4) is 5.88 Å². The Labute approximate surface area is 181 Å². The minimum absolute atomic E-state index is 0.0855. The summed E-state index contributed by atoms with van der Waals surface area (Å²) in [6, 6.07) is 5.62. The standard InChI is InChI=1S/C18H20N4O3.C2HF3O2/c23-17(15-11-19-7-8-20-15)22-12-18(13-22)14(5-10-25-18)4-9-24-16-3-1-2-6-21-16;3-2(4,5)1(6)7/h1-3,6-8,11,14H,4-5,9-10,12-13H2;(H,6,7). The first kappa shape index (κ1) is 23.4. The molecule has 1 N–H and O–H groups in total. The monoisotopic (exact) mass is 454 g/mol. The fraction of sp³-hybridized carbons (Fsp3) is 0.450. The van der Waals surface area contributed by atoms with Crippen LogP contribution >= 0.6 is 0 Å². The second kappa shape index (κ2) is 9.90. The fourth-order valence-electron chi connectivity index (χ4n) is 3.60. The maximum atomic E-state index is 12.4. The largest absolute Gasteiger partial charge is 0.490 e. The van der Waals surface area contributed by atoms with Crippen LogP contribution in [0.2, 0.25) is 0 Å². The van der Waals surface area contributed by atoms with E-state index in [-0.39, 0.29) is 11.5 Å². The Kier molecular flexibility index (Phi) is 7.23. The van der Waals surface area contributed by atoms with Gasteiger partial charge in [0.1, 0.15) is 11.3 Å². The molecule has 4 heterocycles. The second-order valence-electron chi connectivity index (χ2n) is 7.26. The van der Waals surface area contributed by atoms with Gasteiger partial charge in [0.05, 0.1) is 25.9 Å². The van der Waals surface area contributed by atoms with Gasteiger partial charge in [-0.3, -0.25) is 9.78 Å². The van der Waals surface area contributed by atoms with Crippen molar-refractivity contribution in [2.24, 2.45) is 5.92 Å².